The highest BCUT2D eigenvalue weighted by atomic mass is 16.6. The minimum absolute atomic E-state index is 0.0297. The van der Waals surface area contributed by atoms with Crippen LogP contribution in [-0.4, -0.2) is 25.3 Å². The van der Waals surface area contributed by atoms with Gasteiger partial charge in [-0.25, -0.2) is 4.79 Å². The first-order valence-corrected chi connectivity index (χ1v) is 6.60. The Hall–Kier alpha value is -1.81. The van der Waals surface area contributed by atoms with Crippen molar-refractivity contribution in [2.24, 2.45) is 0 Å². The molecule has 1 aromatic heterocycles. The molecule has 0 amide bonds. The molecule has 1 aromatic carbocycles. The second-order valence-corrected chi connectivity index (χ2v) is 4.74. The van der Waals surface area contributed by atoms with Crippen molar-refractivity contribution in [3.8, 4) is 0 Å². The lowest BCUT2D eigenvalue weighted by Gasteiger charge is -2.21. The highest BCUT2D eigenvalue weighted by Crippen LogP contribution is 2.20. The van der Waals surface area contributed by atoms with E-state index in [4.69, 9.17) is 13.9 Å². The van der Waals surface area contributed by atoms with Gasteiger partial charge in [-0.05, 0) is 31.4 Å². The maximum Gasteiger partial charge on any atom is 0.374 e. The molecule has 1 unspecified atom stereocenters. The summed E-state index contributed by atoms with van der Waals surface area (Å²) in [4.78, 5) is 11.9. The van der Waals surface area contributed by atoms with E-state index in [1.54, 1.807) is 6.07 Å². The fourth-order valence-corrected chi connectivity index (χ4v) is 2.26. The van der Waals surface area contributed by atoms with Crippen molar-refractivity contribution < 1.29 is 18.7 Å². The van der Waals surface area contributed by atoms with Crippen LogP contribution in [0.1, 0.15) is 29.8 Å². The van der Waals surface area contributed by atoms with Crippen LogP contribution < -0.4 is 0 Å². The second kappa shape index (κ2) is 5.45. The average molecular weight is 260 g/mol. The van der Waals surface area contributed by atoms with Gasteiger partial charge in [-0.1, -0.05) is 18.2 Å². The van der Waals surface area contributed by atoms with Gasteiger partial charge >= 0.3 is 5.97 Å². The Morgan fingerprint density at radius 2 is 2.21 bits per heavy atom. The van der Waals surface area contributed by atoms with Gasteiger partial charge in [0.25, 0.3) is 0 Å². The fourth-order valence-electron chi connectivity index (χ4n) is 2.26. The molecule has 0 aliphatic carbocycles. The zero-order valence-corrected chi connectivity index (χ0v) is 10.6. The van der Waals surface area contributed by atoms with E-state index in [2.05, 4.69) is 0 Å². The summed E-state index contributed by atoms with van der Waals surface area (Å²) in [5.41, 5.74) is 0.698. The topological polar surface area (TPSA) is 48.7 Å². The van der Waals surface area contributed by atoms with Crippen LogP contribution in [-0.2, 0) is 9.47 Å². The Labute approximate surface area is 111 Å². The van der Waals surface area contributed by atoms with Gasteiger partial charge in [-0.3, -0.25) is 0 Å². The lowest BCUT2D eigenvalue weighted by Crippen LogP contribution is -2.25. The molecule has 4 heteroatoms. The Morgan fingerprint density at radius 3 is 3.00 bits per heavy atom. The van der Waals surface area contributed by atoms with E-state index >= 15 is 0 Å². The summed E-state index contributed by atoms with van der Waals surface area (Å²) >= 11 is 0. The number of fused-ring (bicyclic) bond motifs is 1. The van der Waals surface area contributed by atoms with Crippen LogP contribution in [0.3, 0.4) is 0 Å². The van der Waals surface area contributed by atoms with Gasteiger partial charge in [-0.15, -0.1) is 0 Å². The first kappa shape index (κ1) is 12.2. The number of hydrogen-bond acceptors (Lipinski definition) is 4. The molecule has 0 N–H and O–H groups in total. The largest absolute Gasteiger partial charge is 0.457 e. The molecule has 100 valence electrons. The summed E-state index contributed by atoms with van der Waals surface area (Å²) in [7, 11) is 0. The molecule has 19 heavy (non-hydrogen) atoms. The fraction of sp³-hybridized carbons (Fsp3) is 0.400. The van der Waals surface area contributed by atoms with Crippen LogP contribution in [0, 0.1) is 0 Å². The number of carbonyl (C=O) groups is 1. The van der Waals surface area contributed by atoms with Crippen LogP contribution in [0.4, 0.5) is 0 Å². The summed E-state index contributed by atoms with van der Waals surface area (Å²) < 4.78 is 16.2. The molecule has 0 radical (unpaired) electrons. The van der Waals surface area contributed by atoms with Gasteiger partial charge in [-0.2, -0.15) is 0 Å². The van der Waals surface area contributed by atoms with E-state index in [1.165, 1.54) is 0 Å². The zero-order chi connectivity index (χ0) is 13.1. The third kappa shape index (κ3) is 2.79. The highest BCUT2D eigenvalue weighted by Gasteiger charge is 2.18. The summed E-state index contributed by atoms with van der Waals surface area (Å²) in [6.45, 7) is 1.06. The van der Waals surface area contributed by atoms with E-state index in [0.717, 1.165) is 31.3 Å². The molecule has 1 aliphatic heterocycles. The highest BCUT2D eigenvalue weighted by molar-refractivity contribution is 5.92. The standard InChI is InChI=1S/C15H16O4/c16-15(18-10-12-6-3-4-8-17-12)14-9-11-5-1-2-7-13(11)19-14/h1-2,5,7,9,12H,3-4,6,8,10H2. The number of benzene rings is 1. The van der Waals surface area contributed by atoms with Crippen molar-refractivity contribution in [3.63, 3.8) is 0 Å². The summed E-state index contributed by atoms with van der Waals surface area (Å²) in [6.07, 6.45) is 3.20. The van der Waals surface area contributed by atoms with Gasteiger partial charge in [0.05, 0.1) is 6.10 Å². The Morgan fingerprint density at radius 1 is 1.32 bits per heavy atom. The molecule has 2 aromatic rings. The van der Waals surface area contributed by atoms with Crippen LogP contribution in [0.2, 0.25) is 0 Å². The maximum atomic E-state index is 11.9. The predicted octanol–water partition coefficient (Wildman–Crippen LogP) is 3.16. The third-order valence-corrected chi connectivity index (χ3v) is 3.30. The van der Waals surface area contributed by atoms with Gasteiger partial charge in [0.2, 0.25) is 5.76 Å². The summed E-state index contributed by atoms with van der Waals surface area (Å²) in [5, 5.41) is 0.906. The molecule has 1 aliphatic rings. The van der Waals surface area contributed by atoms with Gasteiger partial charge < -0.3 is 13.9 Å². The van der Waals surface area contributed by atoms with E-state index in [1.807, 2.05) is 24.3 Å². The number of carbonyl (C=O) groups excluding carboxylic acids is 1. The van der Waals surface area contributed by atoms with Crippen molar-refractivity contribution in [3.05, 3.63) is 36.1 Å². The van der Waals surface area contributed by atoms with Crippen molar-refractivity contribution in [2.45, 2.75) is 25.4 Å². The van der Waals surface area contributed by atoms with Crippen LogP contribution in [0.5, 0.6) is 0 Å². The van der Waals surface area contributed by atoms with E-state index in [-0.39, 0.29) is 11.9 Å². The van der Waals surface area contributed by atoms with Crippen molar-refractivity contribution in [1.29, 1.82) is 0 Å². The predicted molar refractivity (Wildman–Crippen MR) is 70.1 cm³/mol. The molecular formula is C15H16O4. The number of hydrogen-bond donors (Lipinski definition) is 0. The SMILES string of the molecule is O=C(OCC1CCCCO1)c1cc2ccccc2o1. The summed E-state index contributed by atoms with van der Waals surface area (Å²) in [5.74, 6) is -0.178. The molecule has 4 nitrogen and oxygen atoms in total. The normalized spacial score (nSPS) is 19.5. The molecule has 0 spiro atoms. The lowest BCUT2D eigenvalue weighted by atomic mass is 10.1. The maximum absolute atomic E-state index is 11.9. The number of para-hydroxylation sites is 1. The van der Waals surface area contributed by atoms with Crippen LogP contribution >= 0.6 is 0 Å². The van der Waals surface area contributed by atoms with Crippen molar-refractivity contribution in [2.75, 3.05) is 13.2 Å². The Kier molecular flexibility index (Phi) is 3.51. The minimum Gasteiger partial charge on any atom is -0.457 e. The van der Waals surface area contributed by atoms with E-state index < -0.39 is 5.97 Å². The molecule has 1 saturated heterocycles. The van der Waals surface area contributed by atoms with Gasteiger partial charge in [0.15, 0.2) is 0 Å². The molecule has 0 bridgehead atoms. The quantitative estimate of drug-likeness (QED) is 0.795. The van der Waals surface area contributed by atoms with Gasteiger partial charge in [0, 0.05) is 12.0 Å². The molecule has 1 fully saturated rings. The van der Waals surface area contributed by atoms with Crippen LogP contribution in [0.15, 0.2) is 34.7 Å². The van der Waals surface area contributed by atoms with E-state index in [0.29, 0.717) is 12.2 Å². The number of esters is 1. The number of rotatable bonds is 3. The third-order valence-electron chi connectivity index (χ3n) is 3.30. The molecular weight excluding hydrogens is 244 g/mol. The van der Waals surface area contributed by atoms with Crippen molar-refractivity contribution >= 4 is 16.9 Å². The molecule has 3 rings (SSSR count). The smallest absolute Gasteiger partial charge is 0.374 e. The molecule has 2 heterocycles. The number of ether oxygens (including phenoxy) is 2. The zero-order valence-electron chi connectivity index (χ0n) is 10.6. The Balaban J connectivity index is 1.63. The monoisotopic (exact) mass is 260 g/mol. The minimum atomic E-state index is -0.426. The molecule has 0 saturated carbocycles. The molecule has 1 atom stereocenters. The first-order valence-electron chi connectivity index (χ1n) is 6.60. The average Bonchev–Trinajstić information content (AvgIpc) is 2.90. The van der Waals surface area contributed by atoms with Gasteiger partial charge in [0.1, 0.15) is 12.2 Å². The summed E-state index contributed by atoms with van der Waals surface area (Å²) in [6, 6.07) is 9.22. The van der Waals surface area contributed by atoms with E-state index in [9.17, 15) is 4.79 Å². The Bertz CT molecular complexity index is 533. The van der Waals surface area contributed by atoms with Crippen LogP contribution in [0.25, 0.3) is 11.0 Å². The van der Waals surface area contributed by atoms with Crippen molar-refractivity contribution in [1.82, 2.24) is 0 Å². The number of furan rings is 1. The lowest BCUT2D eigenvalue weighted by molar-refractivity contribution is -0.0310. The first-order chi connectivity index (χ1) is 9.33. The second-order valence-electron chi connectivity index (χ2n) is 4.74.